The maximum Gasteiger partial charge on any atom is 0.101 e. The Kier molecular flexibility index (Phi) is 5.46. The maximum atomic E-state index is 9.64. The van der Waals surface area contributed by atoms with Crippen LogP contribution < -0.4 is 5.32 Å². The van der Waals surface area contributed by atoms with Gasteiger partial charge in [-0.1, -0.05) is 20.8 Å². The summed E-state index contributed by atoms with van der Waals surface area (Å²) < 4.78 is 0. The molecule has 1 saturated heterocycles. The van der Waals surface area contributed by atoms with Crippen LogP contribution in [0.4, 0.5) is 0 Å². The highest BCUT2D eigenvalue weighted by molar-refractivity contribution is 4.99. The molecule has 0 aromatic heterocycles. The van der Waals surface area contributed by atoms with E-state index >= 15 is 0 Å². The van der Waals surface area contributed by atoms with Gasteiger partial charge in [-0.2, -0.15) is 5.26 Å². The molecule has 2 aliphatic rings. The van der Waals surface area contributed by atoms with Crippen LogP contribution in [0.5, 0.6) is 0 Å². The fourth-order valence-electron chi connectivity index (χ4n) is 3.93. The predicted octanol–water partition coefficient (Wildman–Crippen LogP) is 3.03. The Morgan fingerprint density at radius 1 is 1.10 bits per heavy atom. The lowest BCUT2D eigenvalue weighted by Crippen LogP contribution is -2.43. The molecule has 114 valence electrons. The molecule has 2 rings (SSSR count). The summed E-state index contributed by atoms with van der Waals surface area (Å²) in [7, 11) is 0. The predicted molar refractivity (Wildman–Crippen MR) is 83.4 cm³/mol. The Hall–Kier alpha value is -0.590. The maximum absolute atomic E-state index is 9.64. The monoisotopic (exact) mass is 277 g/mol. The van der Waals surface area contributed by atoms with Crippen LogP contribution in [-0.4, -0.2) is 37.1 Å². The number of nitriles is 1. The van der Waals surface area contributed by atoms with Crippen molar-refractivity contribution in [3.8, 4) is 6.07 Å². The summed E-state index contributed by atoms with van der Waals surface area (Å²) in [6, 6.07) is 2.77. The Bertz CT molecular complexity index is 323. The highest BCUT2D eigenvalue weighted by Gasteiger charge is 2.35. The second-order valence-electron chi connectivity index (χ2n) is 7.69. The van der Waals surface area contributed by atoms with E-state index in [0.29, 0.717) is 11.3 Å². The van der Waals surface area contributed by atoms with Gasteiger partial charge in [0.15, 0.2) is 0 Å². The molecular weight excluding hydrogens is 246 g/mol. The molecule has 1 atom stereocenters. The Morgan fingerprint density at radius 2 is 1.80 bits per heavy atom. The van der Waals surface area contributed by atoms with Crippen molar-refractivity contribution in [3.63, 3.8) is 0 Å². The largest absolute Gasteiger partial charge is 0.315 e. The lowest BCUT2D eigenvalue weighted by molar-refractivity contribution is 0.104. The molecule has 1 unspecified atom stereocenters. The summed E-state index contributed by atoms with van der Waals surface area (Å²) in [5.74, 6) is 1.43. The van der Waals surface area contributed by atoms with Crippen LogP contribution in [0, 0.1) is 28.6 Å². The van der Waals surface area contributed by atoms with E-state index in [1.807, 2.05) is 0 Å². The van der Waals surface area contributed by atoms with Crippen LogP contribution in [0.25, 0.3) is 0 Å². The Labute approximate surface area is 124 Å². The second kappa shape index (κ2) is 6.91. The third-order valence-corrected chi connectivity index (χ3v) is 5.34. The van der Waals surface area contributed by atoms with Crippen molar-refractivity contribution in [2.75, 3.05) is 26.2 Å². The molecule has 0 amide bonds. The van der Waals surface area contributed by atoms with Gasteiger partial charge in [-0.25, -0.2) is 0 Å². The summed E-state index contributed by atoms with van der Waals surface area (Å²) >= 11 is 0. The number of hydrogen-bond acceptors (Lipinski definition) is 3. The zero-order chi connectivity index (χ0) is 14.6. The fraction of sp³-hybridized carbons (Fsp3) is 0.941. The summed E-state index contributed by atoms with van der Waals surface area (Å²) in [5.41, 5.74) is 0.430. The van der Waals surface area contributed by atoms with Crippen molar-refractivity contribution in [2.45, 2.75) is 58.9 Å². The van der Waals surface area contributed by atoms with Gasteiger partial charge in [0.1, 0.15) is 6.04 Å². The van der Waals surface area contributed by atoms with Gasteiger partial charge in [0, 0.05) is 19.6 Å². The van der Waals surface area contributed by atoms with Crippen LogP contribution in [0.3, 0.4) is 0 Å². The van der Waals surface area contributed by atoms with Crippen LogP contribution in [0.1, 0.15) is 52.9 Å². The standard InChI is InChI=1S/C17H31N3/c1-17(2,3)15-7-5-14(6-8-15)16(13-18)20-11-4-9-19-10-12-20/h14-16,19H,4-12H2,1-3H3. The van der Waals surface area contributed by atoms with E-state index in [9.17, 15) is 5.26 Å². The van der Waals surface area contributed by atoms with E-state index in [1.165, 1.54) is 32.1 Å². The molecule has 0 spiro atoms. The molecule has 0 aromatic rings. The van der Waals surface area contributed by atoms with Crippen molar-refractivity contribution in [3.05, 3.63) is 0 Å². The van der Waals surface area contributed by atoms with Crippen LogP contribution in [0.2, 0.25) is 0 Å². The van der Waals surface area contributed by atoms with E-state index in [-0.39, 0.29) is 6.04 Å². The van der Waals surface area contributed by atoms with E-state index in [2.05, 4.69) is 37.1 Å². The summed E-state index contributed by atoms with van der Waals surface area (Å²) in [5, 5.41) is 13.1. The molecule has 3 nitrogen and oxygen atoms in total. The third kappa shape index (κ3) is 3.96. The third-order valence-electron chi connectivity index (χ3n) is 5.34. The highest BCUT2D eigenvalue weighted by Crippen LogP contribution is 2.41. The van der Waals surface area contributed by atoms with Crippen molar-refractivity contribution in [1.82, 2.24) is 10.2 Å². The van der Waals surface area contributed by atoms with Gasteiger partial charge in [0.05, 0.1) is 6.07 Å². The van der Waals surface area contributed by atoms with Crippen molar-refractivity contribution in [2.24, 2.45) is 17.3 Å². The lowest BCUT2D eigenvalue weighted by Gasteiger charge is -2.40. The molecule has 1 heterocycles. The zero-order valence-corrected chi connectivity index (χ0v) is 13.5. The quantitative estimate of drug-likeness (QED) is 0.843. The normalized spacial score (nSPS) is 31.3. The van der Waals surface area contributed by atoms with Crippen LogP contribution in [-0.2, 0) is 0 Å². The number of rotatable bonds is 2. The van der Waals surface area contributed by atoms with E-state index in [1.54, 1.807) is 0 Å². The summed E-state index contributed by atoms with van der Waals surface area (Å²) in [4.78, 5) is 2.43. The van der Waals surface area contributed by atoms with Gasteiger partial charge in [0.2, 0.25) is 0 Å². The first-order chi connectivity index (χ1) is 9.52. The first-order valence-corrected chi connectivity index (χ1v) is 8.37. The molecule has 0 bridgehead atoms. The molecule has 1 N–H and O–H groups in total. The van der Waals surface area contributed by atoms with E-state index < -0.39 is 0 Å². The van der Waals surface area contributed by atoms with Gasteiger partial charge >= 0.3 is 0 Å². The average Bonchev–Trinajstić information content (AvgIpc) is 2.68. The van der Waals surface area contributed by atoms with Gasteiger partial charge < -0.3 is 5.32 Å². The first kappa shape index (κ1) is 15.8. The molecule has 1 saturated carbocycles. The minimum Gasteiger partial charge on any atom is -0.315 e. The highest BCUT2D eigenvalue weighted by atomic mass is 15.2. The second-order valence-corrected chi connectivity index (χ2v) is 7.69. The topological polar surface area (TPSA) is 39.1 Å². The molecule has 2 fully saturated rings. The van der Waals surface area contributed by atoms with Crippen molar-refractivity contribution < 1.29 is 0 Å². The molecule has 3 heteroatoms. The lowest BCUT2D eigenvalue weighted by atomic mass is 9.68. The van der Waals surface area contributed by atoms with Gasteiger partial charge in [-0.3, -0.25) is 4.90 Å². The van der Waals surface area contributed by atoms with Crippen molar-refractivity contribution >= 4 is 0 Å². The minimum atomic E-state index is 0.149. The smallest absolute Gasteiger partial charge is 0.101 e. The molecule has 1 aliphatic carbocycles. The zero-order valence-electron chi connectivity index (χ0n) is 13.5. The fourth-order valence-corrected chi connectivity index (χ4v) is 3.93. The molecule has 20 heavy (non-hydrogen) atoms. The summed E-state index contributed by atoms with van der Waals surface area (Å²) in [6.45, 7) is 11.4. The van der Waals surface area contributed by atoms with Gasteiger partial charge in [-0.05, 0) is 55.9 Å². The van der Waals surface area contributed by atoms with Crippen LogP contribution in [0.15, 0.2) is 0 Å². The molecule has 0 radical (unpaired) electrons. The SMILES string of the molecule is CC(C)(C)C1CCC(C(C#N)N2CCCNCC2)CC1. The Morgan fingerprint density at radius 3 is 2.40 bits per heavy atom. The first-order valence-electron chi connectivity index (χ1n) is 8.37. The van der Waals surface area contributed by atoms with Gasteiger partial charge in [0.25, 0.3) is 0 Å². The molecule has 1 aliphatic heterocycles. The number of nitrogens with zero attached hydrogens (tertiary/aromatic N) is 2. The average molecular weight is 277 g/mol. The number of nitrogens with one attached hydrogen (secondary N) is 1. The van der Waals surface area contributed by atoms with Crippen molar-refractivity contribution in [1.29, 1.82) is 5.26 Å². The molecular formula is C17H31N3. The minimum absolute atomic E-state index is 0.149. The molecule has 0 aromatic carbocycles. The van der Waals surface area contributed by atoms with Gasteiger partial charge in [-0.15, -0.1) is 0 Å². The summed E-state index contributed by atoms with van der Waals surface area (Å²) in [6.07, 6.45) is 6.26. The van der Waals surface area contributed by atoms with E-state index in [0.717, 1.165) is 32.1 Å². The van der Waals surface area contributed by atoms with Crippen LogP contribution >= 0.6 is 0 Å². The number of hydrogen-bond donors (Lipinski definition) is 1. The Balaban J connectivity index is 1.91. The van der Waals surface area contributed by atoms with E-state index in [4.69, 9.17) is 0 Å².